The molecule has 0 aromatic carbocycles. The van der Waals surface area contributed by atoms with Gasteiger partial charge in [0.1, 0.15) is 36.1 Å². The van der Waals surface area contributed by atoms with Crippen LogP contribution in [0.5, 0.6) is 0 Å². The summed E-state index contributed by atoms with van der Waals surface area (Å²) in [6, 6.07) is -9.01. The SMILES string of the molecule is CCC1CC(=O)C(CNC(=O)C(C)NCCN)NC(=O)C(C(=O)O)NC(=O)C(O)CCC(=O)C(C(C)O)NC(=O)C(C(O)C(O)C(N)=O)NC(=O)C(C(C)C)CC1=O. The maximum absolute atomic E-state index is 13.7. The van der Waals surface area contributed by atoms with Gasteiger partial charge in [0.2, 0.25) is 35.6 Å². The number of aliphatic hydroxyl groups is 4. The van der Waals surface area contributed by atoms with E-state index in [0.717, 1.165) is 6.92 Å². The van der Waals surface area contributed by atoms with Crippen molar-refractivity contribution < 1.29 is 73.5 Å². The van der Waals surface area contributed by atoms with Crippen LogP contribution >= 0.6 is 0 Å². The first-order chi connectivity index (χ1) is 27.0. The number of ketones is 3. The Morgan fingerprint density at radius 2 is 1.41 bits per heavy atom. The van der Waals surface area contributed by atoms with Gasteiger partial charge in [-0.1, -0.05) is 20.8 Å². The second kappa shape index (κ2) is 24.1. The predicted molar refractivity (Wildman–Crippen MR) is 199 cm³/mol. The van der Waals surface area contributed by atoms with Crippen LogP contribution in [0, 0.1) is 17.8 Å². The van der Waals surface area contributed by atoms with Gasteiger partial charge in [0.15, 0.2) is 17.7 Å². The molecule has 328 valence electrons. The Morgan fingerprint density at radius 1 is 0.810 bits per heavy atom. The lowest BCUT2D eigenvalue weighted by Gasteiger charge is -2.30. The molecule has 58 heavy (non-hydrogen) atoms. The van der Waals surface area contributed by atoms with Crippen LogP contribution in [0.2, 0.25) is 0 Å². The summed E-state index contributed by atoms with van der Waals surface area (Å²) >= 11 is 0. The number of carbonyl (C=O) groups excluding carboxylic acids is 9. The van der Waals surface area contributed by atoms with Crippen LogP contribution in [0.25, 0.3) is 0 Å². The molecular formula is C35H58N8O15. The summed E-state index contributed by atoms with van der Waals surface area (Å²) in [5, 5.41) is 65.2. The van der Waals surface area contributed by atoms with E-state index in [1.807, 2.05) is 0 Å². The van der Waals surface area contributed by atoms with E-state index in [0.29, 0.717) is 0 Å². The van der Waals surface area contributed by atoms with E-state index < -0.39 is 163 Å². The van der Waals surface area contributed by atoms with Gasteiger partial charge in [-0.25, -0.2) is 4.79 Å². The van der Waals surface area contributed by atoms with Crippen LogP contribution in [0.1, 0.15) is 66.7 Å². The van der Waals surface area contributed by atoms with Gasteiger partial charge in [-0.3, -0.25) is 43.2 Å². The largest absolute Gasteiger partial charge is 0.479 e. The van der Waals surface area contributed by atoms with Crippen molar-refractivity contribution in [3.8, 4) is 0 Å². The van der Waals surface area contributed by atoms with E-state index in [1.165, 1.54) is 27.7 Å². The molecule has 0 aromatic rings. The van der Waals surface area contributed by atoms with E-state index in [-0.39, 0.29) is 19.5 Å². The number of carbonyl (C=O) groups is 10. The van der Waals surface area contributed by atoms with Crippen molar-refractivity contribution in [2.75, 3.05) is 19.6 Å². The minimum atomic E-state index is -2.45. The molecule has 1 aliphatic heterocycles. The molecule has 0 bridgehead atoms. The van der Waals surface area contributed by atoms with Crippen molar-refractivity contribution in [3.63, 3.8) is 0 Å². The van der Waals surface area contributed by atoms with Gasteiger partial charge >= 0.3 is 5.97 Å². The number of hydrogen-bond acceptors (Lipinski definition) is 16. The summed E-state index contributed by atoms with van der Waals surface area (Å²) < 4.78 is 0. The summed E-state index contributed by atoms with van der Waals surface area (Å²) in [5.41, 5.74) is 10.6. The van der Waals surface area contributed by atoms with Gasteiger partial charge in [0.25, 0.3) is 5.91 Å². The van der Waals surface area contributed by atoms with E-state index in [4.69, 9.17) is 11.5 Å². The Bertz CT molecular complexity index is 1530. The molecule has 1 aliphatic rings. The van der Waals surface area contributed by atoms with Gasteiger partial charge in [0, 0.05) is 50.7 Å². The number of hydrogen-bond donors (Lipinski definition) is 13. The molecule has 0 aliphatic carbocycles. The quantitative estimate of drug-likeness (QED) is 0.0768. The average molecular weight is 831 g/mol. The first-order valence-electron chi connectivity index (χ1n) is 18.7. The highest BCUT2D eigenvalue weighted by atomic mass is 16.4. The zero-order valence-corrected chi connectivity index (χ0v) is 33.1. The normalized spacial score (nSPS) is 27.4. The summed E-state index contributed by atoms with van der Waals surface area (Å²) in [7, 11) is 0. The second-order valence-corrected chi connectivity index (χ2v) is 14.4. The summed E-state index contributed by atoms with van der Waals surface area (Å²) in [6.45, 7) is 6.95. The minimum absolute atomic E-state index is 0.000910. The number of aliphatic carboxylic acids is 1. The Morgan fingerprint density at radius 3 is 1.93 bits per heavy atom. The number of amides is 6. The van der Waals surface area contributed by atoms with Crippen LogP contribution in [0.15, 0.2) is 0 Å². The molecule has 1 rings (SSSR count). The maximum atomic E-state index is 13.7. The van der Waals surface area contributed by atoms with Gasteiger partial charge in [-0.2, -0.15) is 0 Å². The lowest BCUT2D eigenvalue weighted by molar-refractivity contribution is -0.148. The lowest BCUT2D eigenvalue weighted by atomic mass is 9.83. The van der Waals surface area contributed by atoms with Crippen LogP contribution in [-0.4, -0.2) is 159 Å². The number of carboxylic acids is 1. The Hall–Kier alpha value is -4.94. The van der Waals surface area contributed by atoms with Crippen LogP contribution < -0.4 is 43.4 Å². The van der Waals surface area contributed by atoms with Crippen molar-refractivity contribution in [2.45, 2.75) is 121 Å². The van der Waals surface area contributed by atoms with Gasteiger partial charge in [-0.05, 0) is 32.6 Å². The van der Waals surface area contributed by atoms with E-state index in [9.17, 15) is 73.5 Å². The monoisotopic (exact) mass is 830 g/mol. The zero-order valence-electron chi connectivity index (χ0n) is 33.1. The van der Waals surface area contributed by atoms with E-state index >= 15 is 0 Å². The number of nitrogens with one attached hydrogen (secondary N) is 6. The van der Waals surface area contributed by atoms with Crippen LogP contribution in [-0.2, 0) is 47.9 Å². The molecule has 1 saturated heterocycles. The molecule has 0 aromatic heterocycles. The number of Topliss-reactive ketones (excluding diaryl/α,β-unsaturated/α-hetero) is 3. The molecule has 0 saturated carbocycles. The summed E-state index contributed by atoms with van der Waals surface area (Å²) in [6.07, 6.45) is -11.4. The third kappa shape index (κ3) is 15.4. The highest BCUT2D eigenvalue weighted by molar-refractivity contribution is 6.06. The van der Waals surface area contributed by atoms with Gasteiger partial charge < -0.3 is 68.9 Å². The number of nitrogens with two attached hydrogens (primary N) is 2. The van der Waals surface area contributed by atoms with Gasteiger partial charge in [0.05, 0.1) is 12.1 Å². The smallest absolute Gasteiger partial charge is 0.336 e. The number of aliphatic hydroxyl groups excluding tert-OH is 4. The van der Waals surface area contributed by atoms with Crippen molar-refractivity contribution in [2.24, 2.45) is 29.2 Å². The highest BCUT2D eigenvalue weighted by Gasteiger charge is 2.41. The predicted octanol–water partition coefficient (Wildman–Crippen LogP) is -6.41. The molecule has 6 amide bonds. The van der Waals surface area contributed by atoms with Gasteiger partial charge in [-0.15, -0.1) is 0 Å². The van der Waals surface area contributed by atoms with Crippen LogP contribution in [0.3, 0.4) is 0 Å². The first-order valence-corrected chi connectivity index (χ1v) is 18.7. The van der Waals surface area contributed by atoms with E-state index in [2.05, 4.69) is 26.6 Å². The maximum Gasteiger partial charge on any atom is 0.336 e. The second-order valence-electron chi connectivity index (χ2n) is 14.4. The van der Waals surface area contributed by atoms with Crippen molar-refractivity contribution in [1.82, 2.24) is 31.9 Å². The molecule has 15 N–H and O–H groups in total. The molecule has 23 heteroatoms. The Balaban J connectivity index is 3.78. The molecule has 23 nitrogen and oxygen atoms in total. The topological polar surface area (TPSA) is 396 Å². The first kappa shape index (κ1) is 51.1. The number of carboxylic acid groups (broad SMARTS) is 1. The Labute approximate surface area is 334 Å². The fourth-order valence-corrected chi connectivity index (χ4v) is 5.81. The molecule has 0 radical (unpaired) electrons. The zero-order chi connectivity index (χ0) is 44.6. The molecular weight excluding hydrogens is 772 g/mol. The number of rotatable bonds is 13. The van der Waals surface area contributed by atoms with Crippen molar-refractivity contribution >= 4 is 58.8 Å². The molecule has 0 spiro atoms. The third-order valence-electron chi connectivity index (χ3n) is 9.56. The molecule has 1 fully saturated rings. The van der Waals surface area contributed by atoms with Crippen molar-refractivity contribution in [1.29, 1.82) is 0 Å². The summed E-state index contributed by atoms with van der Waals surface area (Å²) in [5.74, 6) is -15.1. The fraction of sp³-hybridized carbons (Fsp3) is 0.714. The summed E-state index contributed by atoms with van der Waals surface area (Å²) in [4.78, 5) is 131. The fourth-order valence-electron chi connectivity index (χ4n) is 5.81. The standard InChI is InChI=1S/C35H58N8O15/c1-6-17-11-23(48)19(13-39-30(52)15(4)38-10-9-36)40-34(56)26(35(57)58)43-32(54)21(46)8-7-20(45)24(16(5)44)41-33(55)25(27(49)28(50)29(37)51)42-31(53)18(14(2)3)12-22(17)47/h14-19,21,24-28,38,44,46,49-50H,6-13,36H2,1-5H3,(H2,37,51)(H,39,52)(H,40,56)(H,41,55)(H,42,53)(H,43,54)(H,57,58). The number of primary amides is 1. The molecule has 11 unspecified atom stereocenters. The molecule has 11 atom stereocenters. The Kier molecular flexibility index (Phi) is 21.2. The average Bonchev–Trinajstić information content (AvgIpc) is 3.16. The van der Waals surface area contributed by atoms with Crippen molar-refractivity contribution in [3.05, 3.63) is 0 Å². The highest BCUT2D eigenvalue weighted by Crippen LogP contribution is 2.23. The third-order valence-corrected chi connectivity index (χ3v) is 9.56. The van der Waals surface area contributed by atoms with Crippen LogP contribution in [0.4, 0.5) is 0 Å². The van der Waals surface area contributed by atoms with E-state index in [1.54, 1.807) is 5.32 Å². The minimum Gasteiger partial charge on any atom is -0.479 e. The lowest BCUT2D eigenvalue weighted by Crippen LogP contribution is -2.62. The molecule has 1 heterocycles.